The Labute approximate surface area is 143 Å². The molecule has 0 fully saturated rings. The van der Waals surface area contributed by atoms with E-state index in [0.29, 0.717) is 36.0 Å². The molecule has 0 saturated heterocycles. The Bertz CT molecular complexity index is 853. The van der Waals surface area contributed by atoms with Gasteiger partial charge in [0.2, 0.25) is 11.2 Å². The Balaban J connectivity index is 2.10. The lowest BCUT2D eigenvalue weighted by Crippen LogP contribution is -2.17. The number of hydrogen-bond donors (Lipinski definition) is 1. The monoisotopic (exact) mass is 346 g/mol. The molecule has 1 N–H and O–H groups in total. The summed E-state index contributed by atoms with van der Waals surface area (Å²) < 4.78 is 21.4. The van der Waals surface area contributed by atoms with Crippen molar-refractivity contribution >= 4 is 5.97 Å². The van der Waals surface area contributed by atoms with E-state index in [0.717, 1.165) is 0 Å². The standard InChI is InChI=1S/C18H18O7/c1-10-7-13(19)17(21)18(25-10)12(9-16(20)22-2)11-3-4-14-15(8-11)24-6-5-23-14/h3-4,7-8,12,21H,5-6,9H2,1-2H3. The number of aryl methyl sites for hydroxylation is 1. The van der Waals surface area contributed by atoms with Crippen LogP contribution in [0.5, 0.6) is 17.2 Å². The van der Waals surface area contributed by atoms with Crippen LogP contribution in [-0.2, 0) is 9.53 Å². The quantitative estimate of drug-likeness (QED) is 0.847. The Kier molecular flexibility index (Phi) is 4.65. The van der Waals surface area contributed by atoms with Gasteiger partial charge in [-0.15, -0.1) is 0 Å². The third-order valence-electron chi connectivity index (χ3n) is 3.96. The normalized spacial score (nSPS) is 14.0. The number of fused-ring (bicyclic) bond motifs is 1. The van der Waals surface area contributed by atoms with E-state index in [4.69, 9.17) is 18.6 Å². The second-order valence-electron chi connectivity index (χ2n) is 5.67. The summed E-state index contributed by atoms with van der Waals surface area (Å²) in [6.07, 6.45) is -0.101. The van der Waals surface area contributed by atoms with Gasteiger partial charge in [0.1, 0.15) is 19.0 Å². The molecule has 7 nitrogen and oxygen atoms in total. The van der Waals surface area contributed by atoms with Crippen molar-refractivity contribution in [2.45, 2.75) is 19.3 Å². The summed E-state index contributed by atoms with van der Waals surface area (Å²) >= 11 is 0. The Morgan fingerprint density at radius 1 is 1.24 bits per heavy atom. The van der Waals surface area contributed by atoms with Crippen LogP contribution in [0, 0.1) is 6.92 Å². The summed E-state index contributed by atoms with van der Waals surface area (Å²) in [6.45, 7) is 2.48. The largest absolute Gasteiger partial charge is 0.502 e. The molecule has 0 amide bonds. The molecule has 2 aromatic rings. The van der Waals surface area contributed by atoms with Crippen LogP contribution in [0.25, 0.3) is 0 Å². The number of benzene rings is 1. The number of rotatable bonds is 4. The molecule has 1 atom stereocenters. The zero-order valence-electron chi connectivity index (χ0n) is 13.9. The molecule has 25 heavy (non-hydrogen) atoms. The summed E-state index contributed by atoms with van der Waals surface area (Å²) in [6, 6.07) is 6.36. The molecule has 0 saturated carbocycles. The van der Waals surface area contributed by atoms with Gasteiger partial charge in [-0.2, -0.15) is 0 Å². The first kappa shape index (κ1) is 16.9. The molecule has 0 spiro atoms. The fourth-order valence-electron chi connectivity index (χ4n) is 2.75. The lowest BCUT2D eigenvalue weighted by molar-refractivity contribution is -0.140. The molecule has 1 aromatic heterocycles. The summed E-state index contributed by atoms with van der Waals surface area (Å²) in [5.41, 5.74) is 0.0739. The zero-order valence-corrected chi connectivity index (χ0v) is 13.9. The minimum Gasteiger partial charge on any atom is -0.502 e. The molecule has 1 aromatic carbocycles. The van der Waals surface area contributed by atoms with Gasteiger partial charge >= 0.3 is 5.97 Å². The van der Waals surface area contributed by atoms with Crippen molar-refractivity contribution in [3.8, 4) is 17.2 Å². The maximum Gasteiger partial charge on any atom is 0.306 e. The fourth-order valence-corrected chi connectivity index (χ4v) is 2.75. The van der Waals surface area contributed by atoms with Crippen molar-refractivity contribution in [3.05, 3.63) is 51.6 Å². The van der Waals surface area contributed by atoms with Crippen LogP contribution in [0.3, 0.4) is 0 Å². The average Bonchev–Trinajstić information content (AvgIpc) is 2.62. The van der Waals surface area contributed by atoms with Crippen LogP contribution in [0.1, 0.15) is 29.4 Å². The van der Waals surface area contributed by atoms with Crippen LogP contribution in [0.4, 0.5) is 0 Å². The molecule has 0 aliphatic carbocycles. The molecule has 1 aliphatic heterocycles. The minimum atomic E-state index is -0.698. The first-order chi connectivity index (χ1) is 12.0. The zero-order chi connectivity index (χ0) is 18.0. The maximum atomic E-state index is 11.9. The minimum absolute atomic E-state index is 0.0204. The number of ether oxygens (including phenoxy) is 3. The number of esters is 1. The van der Waals surface area contributed by atoms with Gasteiger partial charge in [-0.25, -0.2) is 0 Å². The molecule has 7 heteroatoms. The number of carbonyl (C=O) groups excluding carboxylic acids is 1. The lowest BCUT2D eigenvalue weighted by atomic mass is 9.91. The molecule has 132 valence electrons. The first-order valence-corrected chi connectivity index (χ1v) is 7.79. The van der Waals surface area contributed by atoms with Gasteiger partial charge in [0.15, 0.2) is 17.3 Å². The molecule has 1 aliphatic rings. The number of carbonyl (C=O) groups is 1. The van der Waals surface area contributed by atoms with Crippen molar-refractivity contribution < 1.29 is 28.5 Å². The van der Waals surface area contributed by atoms with Crippen molar-refractivity contribution in [1.29, 1.82) is 0 Å². The van der Waals surface area contributed by atoms with Gasteiger partial charge in [0.05, 0.1) is 19.4 Å². The van der Waals surface area contributed by atoms with Crippen LogP contribution in [0.15, 0.2) is 33.5 Å². The molecule has 0 radical (unpaired) electrons. The van der Waals surface area contributed by atoms with E-state index in [1.54, 1.807) is 25.1 Å². The van der Waals surface area contributed by atoms with Crippen molar-refractivity contribution in [1.82, 2.24) is 0 Å². The Morgan fingerprint density at radius 2 is 1.96 bits per heavy atom. The van der Waals surface area contributed by atoms with E-state index in [1.807, 2.05) is 0 Å². The number of aromatic hydroxyl groups is 1. The van der Waals surface area contributed by atoms with Gasteiger partial charge in [0.25, 0.3) is 0 Å². The predicted octanol–water partition coefficient (Wildman–Crippen LogP) is 2.12. The Morgan fingerprint density at radius 3 is 2.68 bits per heavy atom. The predicted molar refractivity (Wildman–Crippen MR) is 87.3 cm³/mol. The first-order valence-electron chi connectivity index (χ1n) is 7.79. The van der Waals surface area contributed by atoms with Gasteiger partial charge in [0, 0.05) is 6.07 Å². The van der Waals surface area contributed by atoms with Crippen LogP contribution in [-0.4, -0.2) is 31.4 Å². The third-order valence-corrected chi connectivity index (χ3v) is 3.96. The summed E-state index contributed by atoms with van der Waals surface area (Å²) in [4.78, 5) is 23.8. The fraction of sp³-hybridized carbons (Fsp3) is 0.333. The van der Waals surface area contributed by atoms with Gasteiger partial charge in [-0.3, -0.25) is 9.59 Å². The van der Waals surface area contributed by atoms with E-state index in [1.165, 1.54) is 13.2 Å². The van der Waals surface area contributed by atoms with E-state index < -0.39 is 23.1 Å². The van der Waals surface area contributed by atoms with Crippen LogP contribution in [0.2, 0.25) is 0 Å². The van der Waals surface area contributed by atoms with E-state index in [9.17, 15) is 14.7 Å². The van der Waals surface area contributed by atoms with Gasteiger partial charge in [-0.05, 0) is 24.6 Å². The highest BCUT2D eigenvalue weighted by atomic mass is 16.6. The highest BCUT2D eigenvalue weighted by Crippen LogP contribution is 2.38. The SMILES string of the molecule is COC(=O)CC(c1ccc2c(c1)OCCO2)c1oc(C)cc(=O)c1O. The molecule has 3 rings (SSSR count). The smallest absolute Gasteiger partial charge is 0.306 e. The van der Waals surface area contributed by atoms with Gasteiger partial charge < -0.3 is 23.7 Å². The van der Waals surface area contributed by atoms with E-state index >= 15 is 0 Å². The summed E-state index contributed by atoms with van der Waals surface area (Å²) in [7, 11) is 1.27. The topological polar surface area (TPSA) is 95.2 Å². The highest BCUT2D eigenvalue weighted by molar-refractivity contribution is 5.71. The highest BCUT2D eigenvalue weighted by Gasteiger charge is 2.27. The average molecular weight is 346 g/mol. The second-order valence-corrected chi connectivity index (χ2v) is 5.67. The van der Waals surface area contributed by atoms with Crippen molar-refractivity contribution in [2.24, 2.45) is 0 Å². The summed E-state index contributed by atoms with van der Waals surface area (Å²) in [5, 5.41) is 10.2. The number of hydrogen-bond acceptors (Lipinski definition) is 7. The van der Waals surface area contributed by atoms with Crippen molar-refractivity contribution in [2.75, 3.05) is 20.3 Å². The molecule has 2 heterocycles. The van der Waals surface area contributed by atoms with E-state index in [2.05, 4.69) is 0 Å². The maximum absolute atomic E-state index is 11.9. The van der Waals surface area contributed by atoms with E-state index in [-0.39, 0.29) is 12.2 Å². The molecule has 0 bridgehead atoms. The second kappa shape index (κ2) is 6.88. The molecule has 1 unspecified atom stereocenters. The number of methoxy groups -OCH3 is 1. The third kappa shape index (κ3) is 3.45. The molecular weight excluding hydrogens is 328 g/mol. The van der Waals surface area contributed by atoms with Gasteiger partial charge in [-0.1, -0.05) is 6.07 Å². The van der Waals surface area contributed by atoms with Crippen molar-refractivity contribution in [3.63, 3.8) is 0 Å². The van der Waals surface area contributed by atoms with Crippen LogP contribution < -0.4 is 14.9 Å². The summed E-state index contributed by atoms with van der Waals surface area (Å²) in [5.74, 6) is -0.221. The lowest BCUT2D eigenvalue weighted by Gasteiger charge is -2.22. The van der Waals surface area contributed by atoms with Crippen LogP contribution >= 0.6 is 0 Å². The molecular formula is C18H18O7. The Hall–Kier alpha value is -2.96.